The predicted octanol–water partition coefficient (Wildman–Crippen LogP) is 7.87. The molecule has 0 radical (unpaired) electrons. The zero-order valence-electron chi connectivity index (χ0n) is 26.0. The number of nitrogens with zero attached hydrogens (tertiary/aromatic N) is 4. The molecule has 2 aromatic carbocycles. The molecule has 0 unspecified atom stereocenters. The van der Waals surface area contributed by atoms with Crippen LogP contribution in [0.1, 0.15) is 36.1 Å². The molecule has 4 nitrogen and oxygen atoms in total. The van der Waals surface area contributed by atoms with Gasteiger partial charge in [-0.05, 0) is 48.2 Å². The summed E-state index contributed by atoms with van der Waals surface area (Å²) in [5.41, 5.74) is 6.21. The Bertz CT molecular complexity index is 1460. The van der Waals surface area contributed by atoms with Crippen LogP contribution in [0.3, 0.4) is 0 Å². The van der Waals surface area contributed by atoms with Crippen molar-refractivity contribution in [3.63, 3.8) is 0 Å². The quantitative estimate of drug-likeness (QED) is 0.0573. The summed E-state index contributed by atoms with van der Waals surface area (Å²) in [4.78, 5) is 4.55. The van der Waals surface area contributed by atoms with E-state index in [0.29, 0.717) is 13.1 Å². The lowest BCUT2D eigenvalue weighted by Crippen LogP contribution is -2.36. The first-order valence-electron chi connectivity index (χ1n) is 15.0. The standard InChI is InChI=1S/C36H42F2N4S2/c1-5-41-21-19-29(27-35(41)37)15-17-31-11-7-9-13-33(31)39(3)23-25-43-44-26-24-40(4)34-14-10-8-12-32(34)18-16-30-20-22-42(6-2)36(38)28-30/h7-22,27-28H,5-6,23-26H2,1-4H3/q+2. The highest BCUT2D eigenvalue weighted by Crippen LogP contribution is 2.27. The molecule has 0 atom stereocenters. The Balaban J connectivity index is 1.24. The molecule has 0 saturated heterocycles. The molecule has 0 aliphatic heterocycles. The normalized spacial score (nSPS) is 11.5. The molecule has 4 aromatic rings. The molecule has 4 rings (SSSR count). The first-order chi connectivity index (χ1) is 21.4. The van der Waals surface area contributed by atoms with Gasteiger partial charge in [0.2, 0.25) is 0 Å². The van der Waals surface area contributed by atoms with Crippen LogP contribution < -0.4 is 18.9 Å². The Morgan fingerprint density at radius 2 is 1.02 bits per heavy atom. The summed E-state index contributed by atoms with van der Waals surface area (Å²) in [5, 5.41) is 0. The van der Waals surface area contributed by atoms with E-state index in [-0.39, 0.29) is 11.9 Å². The van der Waals surface area contributed by atoms with E-state index in [1.54, 1.807) is 33.7 Å². The highest BCUT2D eigenvalue weighted by atomic mass is 33.1. The van der Waals surface area contributed by atoms with Gasteiger partial charge in [0.05, 0.1) is 0 Å². The number of benzene rings is 2. The van der Waals surface area contributed by atoms with Gasteiger partial charge in [0.15, 0.2) is 12.4 Å². The predicted molar refractivity (Wildman–Crippen MR) is 187 cm³/mol. The van der Waals surface area contributed by atoms with Crippen molar-refractivity contribution in [2.45, 2.75) is 26.9 Å². The topological polar surface area (TPSA) is 14.2 Å². The lowest BCUT2D eigenvalue weighted by atomic mass is 10.1. The van der Waals surface area contributed by atoms with Gasteiger partial charge in [-0.25, -0.2) is 0 Å². The van der Waals surface area contributed by atoms with Gasteiger partial charge in [0, 0.05) is 74.3 Å². The minimum atomic E-state index is -0.229. The highest BCUT2D eigenvalue weighted by molar-refractivity contribution is 8.76. The van der Waals surface area contributed by atoms with Crippen molar-refractivity contribution in [3.8, 4) is 0 Å². The lowest BCUT2D eigenvalue weighted by Gasteiger charge is -2.22. The second-order valence-corrected chi connectivity index (χ2v) is 13.1. The SMILES string of the molecule is CC[n+]1ccc(/C=C/c2ccccc2N(C)CCSSCCN(C)c2ccccc2/C=C/c2cc[n+](CC)c(F)c2)cc1F. The van der Waals surface area contributed by atoms with Crippen LogP contribution in [-0.4, -0.2) is 38.7 Å². The Morgan fingerprint density at radius 3 is 1.41 bits per heavy atom. The number of aryl methyl sites for hydroxylation is 2. The first-order valence-corrected chi connectivity index (χ1v) is 17.5. The molecule has 0 bridgehead atoms. The molecule has 0 saturated carbocycles. The van der Waals surface area contributed by atoms with E-state index in [1.165, 1.54) is 0 Å². The summed E-state index contributed by atoms with van der Waals surface area (Å²) >= 11 is 0. The number of anilines is 2. The van der Waals surface area contributed by atoms with Gasteiger partial charge in [-0.1, -0.05) is 82.3 Å². The van der Waals surface area contributed by atoms with Crippen LogP contribution in [0.4, 0.5) is 20.2 Å². The smallest absolute Gasteiger partial charge is 0.360 e. The largest absolute Gasteiger partial charge is 0.373 e. The number of halogens is 2. The summed E-state index contributed by atoms with van der Waals surface area (Å²) in [7, 11) is 8.01. The number of hydrogen-bond donors (Lipinski definition) is 0. The fraction of sp³-hybridized carbons (Fsp3) is 0.278. The van der Waals surface area contributed by atoms with Gasteiger partial charge < -0.3 is 9.80 Å². The molecule has 2 aromatic heterocycles. The maximum Gasteiger partial charge on any atom is 0.360 e. The molecule has 0 aliphatic rings. The van der Waals surface area contributed by atoms with E-state index in [2.05, 4.69) is 72.4 Å². The number of rotatable bonds is 15. The maximum atomic E-state index is 14.2. The van der Waals surface area contributed by atoms with Crippen molar-refractivity contribution in [3.05, 3.63) is 119 Å². The fourth-order valence-electron chi connectivity index (χ4n) is 4.78. The summed E-state index contributed by atoms with van der Waals surface area (Å²) < 4.78 is 31.5. The van der Waals surface area contributed by atoms with Crippen LogP contribution in [0.15, 0.2) is 85.2 Å². The van der Waals surface area contributed by atoms with Crippen molar-refractivity contribution in [1.29, 1.82) is 0 Å². The zero-order valence-corrected chi connectivity index (χ0v) is 27.6. The van der Waals surface area contributed by atoms with Crippen LogP contribution in [-0.2, 0) is 13.1 Å². The monoisotopic (exact) mass is 632 g/mol. The minimum absolute atomic E-state index is 0.229. The number of hydrogen-bond acceptors (Lipinski definition) is 4. The van der Waals surface area contributed by atoms with Crippen molar-refractivity contribution >= 4 is 57.3 Å². The van der Waals surface area contributed by atoms with E-state index in [1.807, 2.05) is 71.9 Å². The first kappa shape index (κ1) is 33.3. The third-order valence-electron chi connectivity index (χ3n) is 7.41. The Morgan fingerprint density at radius 1 is 0.614 bits per heavy atom. The van der Waals surface area contributed by atoms with Gasteiger partial charge in [0.25, 0.3) is 0 Å². The van der Waals surface area contributed by atoms with E-state index in [0.717, 1.165) is 58.2 Å². The van der Waals surface area contributed by atoms with Crippen LogP contribution in [0.2, 0.25) is 0 Å². The van der Waals surface area contributed by atoms with E-state index >= 15 is 0 Å². The second kappa shape index (κ2) is 17.0. The minimum Gasteiger partial charge on any atom is -0.373 e. The van der Waals surface area contributed by atoms with E-state index in [4.69, 9.17) is 0 Å². The van der Waals surface area contributed by atoms with E-state index < -0.39 is 0 Å². The number of para-hydroxylation sites is 2. The molecule has 8 heteroatoms. The van der Waals surface area contributed by atoms with Crippen LogP contribution in [0, 0.1) is 11.9 Å². The van der Waals surface area contributed by atoms with Crippen molar-refractivity contribution in [2.75, 3.05) is 48.5 Å². The number of pyridine rings is 2. The Labute approximate surface area is 269 Å². The molecule has 0 amide bonds. The molecule has 0 N–H and O–H groups in total. The third-order valence-corrected chi connectivity index (χ3v) is 9.77. The maximum absolute atomic E-state index is 14.2. The van der Waals surface area contributed by atoms with Crippen molar-refractivity contribution < 1.29 is 17.9 Å². The molecule has 0 spiro atoms. The summed E-state index contributed by atoms with van der Waals surface area (Å²) in [6.07, 6.45) is 11.6. The van der Waals surface area contributed by atoms with Gasteiger partial charge >= 0.3 is 11.9 Å². The molecular formula is C36H42F2N4S2+2. The molecule has 0 aliphatic carbocycles. The average molecular weight is 633 g/mol. The summed E-state index contributed by atoms with van der Waals surface area (Å²) in [6, 6.07) is 23.6. The van der Waals surface area contributed by atoms with Crippen molar-refractivity contribution in [1.82, 2.24) is 0 Å². The average Bonchev–Trinajstić information content (AvgIpc) is 3.04. The molecule has 44 heavy (non-hydrogen) atoms. The molecular weight excluding hydrogens is 591 g/mol. The molecule has 0 fully saturated rings. The Hall–Kier alpha value is -3.62. The van der Waals surface area contributed by atoms with Gasteiger partial charge in [-0.3, -0.25) is 0 Å². The van der Waals surface area contributed by atoms with Gasteiger partial charge in [-0.2, -0.15) is 9.13 Å². The third kappa shape index (κ3) is 9.44. The second-order valence-electron chi connectivity index (χ2n) is 10.4. The summed E-state index contributed by atoms with van der Waals surface area (Å²) in [5.74, 6) is 1.53. The Kier molecular flexibility index (Phi) is 12.9. The molecule has 230 valence electrons. The van der Waals surface area contributed by atoms with Crippen LogP contribution in [0.25, 0.3) is 24.3 Å². The lowest BCUT2D eigenvalue weighted by molar-refractivity contribution is -0.721. The van der Waals surface area contributed by atoms with Crippen LogP contribution in [0.5, 0.6) is 0 Å². The van der Waals surface area contributed by atoms with E-state index in [9.17, 15) is 8.78 Å². The van der Waals surface area contributed by atoms with Crippen molar-refractivity contribution in [2.24, 2.45) is 0 Å². The highest BCUT2D eigenvalue weighted by Gasteiger charge is 2.10. The van der Waals surface area contributed by atoms with Crippen LogP contribution >= 0.6 is 21.6 Å². The van der Waals surface area contributed by atoms with Gasteiger partial charge in [-0.15, -0.1) is 8.78 Å². The zero-order chi connectivity index (χ0) is 31.3. The van der Waals surface area contributed by atoms with Gasteiger partial charge in [0.1, 0.15) is 13.1 Å². The molecule has 2 heterocycles. The summed E-state index contributed by atoms with van der Waals surface area (Å²) in [6.45, 7) is 6.92. The number of aromatic nitrogens is 2. The fourth-order valence-corrected chi connectivity index (χ4v) is 6.87.